The minimum atomic E-state index is 0.560. The molecule has 0 radical (unpaired) electrons. The third-order valence-electron chi connectivity index (χ3n) is 3.02. The van der Waals surface area contributed by atoms with Crippen LogP contribution in [0.1, 0.15) is 23.9 Å². The third-order valence-corrected chi connectivity index (χ3v) is 3.02. The Labute approximate surface area is 112 Å². The lowest BCUT2D eigenvalue weighted by Crippen LogP contribution is -2.04. The molecular weight excluding hydrogens is 242 g/mol. The highest BCUT2D eigenvalue weighted by Gasteiger charge is 2.15. The first-order chi connectivity index (χ1) is 9.04. The number of ether oxygens (including phenoxy) is 1. The van der Waals surface area contributed by atoms with Crippen molar-refractivity contribution in [2.24, 2.45) is 7.05 Å². The van der Waals surface area contributed by atoms with Crippen molar-refractivity contribution >= 4 is 5.82 Å². The summed E-state index contributed by atoms with van der Waals surface area (Å²) < 4.78 is 7.70. The first-order valence-corrected chi connectivity index (χ1v) is 6.28. The summed E-state index contributed by atoms with van der Waals surface area (Å²) in [6, 6.07) is 0. The molecule has 0 aliphatic carbocycles. The summed E-state index contributed by atoms with van der Waals surface area (Å²) in [7, 11) is 1.89. The third kappa shape index (κ3) is 2.52. The summed E-state index contributed by atoms with van der Waals surface area (Å²) >= 11 is 0. The summed E-state index contributed by atoms with van der Waals surface area (Å²) in [5.41, 5.74) is 2.72. The Balaban J connectivity index is 2.36. The molecule has 6 nitrogen and oxygen atoms in total. The molecule has 0 atom stereocenters. The Morgan fingerprint density at radius 1 is 1.26 bits per heavy atom. The van der Waals surface area contributed by atoms with Crippen LogP contribution in [0.25, 0.3) is 0 Å². The zero-order valence-corrected chi connectivity index (χ0v) is 12.0. The Bertz CT molecular complexity index is 591. The van der Waals surface area contributed by atoms with E-state index >= 15 is 0 Å². The Hall–Kier alpha value is -2.11. The van der Waals surface area contributed by atoms with E-state index in [-0.39, 0.29) is 0 Å². The fraction of sp³-hybridized carbons (Fsp3) is 0.462. The molecule has 102 valence electrons. The molecule has 0 fully saturated rings. The van der Waals surface area contributed by atoms with Crippen LogP contribution >= 0.6 is 0 Å². The molecule has 0 spiro atoms. The number of nitrogens with zero attached hydrogens (tertiary/aromatic N) is 4. The maximum Gasteiger partial charge on any atom is 0.227 e. The summed E-state index contributed by atoms with van der Waals surface area (Å²) in [6.45, 7) is 8.66. The molecule has 0 aromatic carbocycles. The standard InChI is InChI=1S/C13H19N5O/c1-6-14-12-8(2)13(16-7-15-12)19-11-9(3)17-18(5)10(11)4/h7H,6H2,1-5H3,(H,14,15,16). The Morgan fingerprint density at radius 3 is 2.58 bits per heavy atom. The average Bonchev–Trinajstić information content (AvgIpc) is 2.61. The van der Waals surface area contributed by atoms with Crippen LogP contribution in [0.4, 0.5) is 5.82 Å². The zero-order chi connectivity index (χ0) is 14.0. The number of hydrogen-bond acceptors (Lipinski definition) is 5. The lowest BCUT2D eigenvalue weighted by atomic mass is 10.3. The highest BCUT2D eigenvalue weighted by atomic mass is 16.5. The number of aryl methyl sites for hydroxylation is 2. The van der Waals surface area contributed by atoms with Crippen LogP contribution in [0.3, 0.4) is 0 Å². The molecule has 0 amide bonds. The van der Waals surface area contributed by atoms with Gasteiger partial charge in [0, 0.05) is 13.6 Å². The molecule has 2 aromatic heterocycles. The molecule has 0 unspecified atom stereocenters. The van der Waals surface area contributed by atoms with E-state index in [0.717, 1.165) is 35.1 Å². The van der Waals surface area contributed by atoms with Gasteiger partial charge >= 0.3 is 0 Å². The molecule has 0 aliphatic heterocycles. The van der Waals surface area contributed by atoms with Crippen LogP contribution in [-0.2, 0) is 7.05 Å². The molecule has 0 saturated carbocycles. The second-order valence-corrected chi connectivity index (χ2v) is 4.41. The van der Waals surface area contributed by atoms with E-state index in [9.17, 15) is 0 Å². The predicted octanol–water partition coefficient (Wildman–Crippen LogP) is 2.36. The topological polar surface area (TPSA) is 64.9 Å². The van der Waals surface area contributed by atoms with Gasteiger partial charge in [-0.2, -0.15) is 5.10 Å². The van der Waals surface area contributed by atoms with Crippen molar-refractivity contribution in [1.29, 1.82) is 0 Å². The van der Waals surface area contributed by atoms with Crippen molar-refractivity contribution in [3.8, 4) is 11.6 Å². The van der Waals surface area contributed by atoms with Gasteiger partial charge in [-0.1, -0.05) is 0 Å². The summed E-state index contributed by atoms with van der Waals surface area (Å²) in [5.74, 6) is 2.11. The van der Waals surface area contributed by atoms with E-state index in [1.807, 2.05) is 34.7 Å². The Morgan fingerprint density at radius 2 is 2.00 bits per heavy atom. The van der Waals surface area contributed by atoms with Gasteiger partial charge in [0.25, 0.3) is 0 Å². The molecule has 1 N–H and O–H groups in total. The van der Waals surface area contributed by atoms with Crippen molar-refractivity contribution in [2.45, 2.75) is 27.7 Å². The summed E-state index contributed by atoms with van der Waals surface area (Å²) in [4.78, 5) is 8.39. The van der Waals surface area contributed by atoms with Crippen molar-refractivity contribution < 1.29 is 4.74 Å². The van der Waals surface area contributed by atoms with Crippen LogP contribution in [0.2, 0.25) is 0 Å². The smallest absolute Gasteiger partial charge is 0.227 e. The van der Waals surface area contributed by atoms with Gasteiger partial charge in [0.15, 0.2) is 5.75 Å². The van der Waals surface area contributed by atoms with E-state index in [4.69, 9.17) is 4.74 Å². The van der Waals surface area contributed by atoms with Gasteiger partial charge in [0.1, 0.15) is 17.8 Å². The predicted molar refractivity (Wildman–Crippen MR) is 73.7 cm³/mol. The minimum absolute atomic E-state index is 0.560. The molecule has 6 heteroatoms. The Kier molecular flexibility index (Phi) is 3.69. The van der Waals surface area contributed by atoms with Gasteiger partial charge in [0.2, 0.25) is 5.88 Å². The first kappa shape index (κ1) is 13.3. The maximum absolute atomic E-state index is 5.90. The number of anilines is 1. The molecule has 0 bridgehead atoms. The molecule has 0 saturated heterocycles. The highest BCUT2D eigenvalue weighted by Crippen LogP contribution is 2.30. The van der Waals surface area contributed by atoms with Crippen LogP contribution in [0, 0.1) is 20.8 Å². The monoisotopic (exact) mass is 261 g/mol. The van der Waals surface area contributed by atoms with Crippen LogP contribution < -0.4 is 10.1 Å². The normalized spacial score (nSPS) is 10.6. The average molecular weight is 261 g/mol. The number of nitrogens with one attached hydrogen (secondary N) is 1. The SMILES string of the molecule is CCNc1ncnc(Oc2c(C)nn(C)c2C)c1C. The van der Waals surface area contributed by atoms with Crippen molar-refractivity contribution in [3.63, 3.8) is 0 Å². The molecule has 2 aromatic rings. The van der Waals surface area contributed by atoms with E-state index in [1.54, 1.807) is 4.68 Å². The number of aromatic nitrogens is 4. The van der Waals surface area contributed by atoms with E-state index in [2.05, 4.69) is 20.4 Å². The fourth-order valence-electron chi connectivity index (χ4n) is 1.88. The largest absolute Gasteiger partial charge is 0.435 e. The van der Waals surface area contributed by atoms with Crippen molar-refractivity contribution in [2.75, 3.05) is 11.9 Å². The van der Waals surface area contributed by atoms with E-state index in [1.165, 1.54) is 6.33 Å². The quantitative estimate of drug-likeness (QED) is 0.915. The highest BCUT2D eigenvalue weighted by molar-refractivity contribution is 5.49. The number of hydrogen-bond donors (Lipinski definition) is 1. The minimum Gasteiger partial charge on any atom is -0.435 e. The zero-order valence-electron chi connectivity index (χ0n) is 12.0. The second kappa shape index (κ2) is 5.26. The van der Waals surface area contributed by atoms with Gasteiger partial charge in [-0.15, -0.1) is 0 Å². The summed E-state index contributed by atoms with van der Waals surface area (Å²) in [5, 5.41) is 7.51. The molecule has 2 heterocycles. The lowest BCUT2D eigenvalue weighted by Gasteiger charge is -2.11. The van der Waals surface area contributed by atoms with Crippen molar-refractivity contribution in [1.82, 2.24) is 19.7 Å². The van der Waals surface area contributed by atoms with E-state index in [0.29, 0.717) is 5.88 Å². The fourth-order valence-corrected chi connectivity index (χ4v) is 1.88. The first-order valence-electron chi connectivity index (χ1n) is 6.28. The van der Waals surface area contributed by atoms with Gasteiger partial charge in [-0.3, -0.25) is 4.68 Å². The van der Waals surface area contributed by atoms with Gasteiger partial charge < -0.3 is 10.1 Å². The van der Waals surface area contributed by atoms with Gasteiger partial charge in [-0.05, 0) is 27.7 Å². The molecule has 0 aliphatic rings. The van der Waals surface area contributed by atoms with E-state index < -0.39 is 0 Å². The van der Waals surface area contributed by atoms with Gasteiger partial charge in [-0.25, -0.2) is 9.97 Å². The summed E-state index contributed by atoms with van der Waals surface area (Å²) in [6.07, 6.45) is 1.50. The molecular formula is C13H19N5O. The van der Waals surface area contributed by atoms with Crippen LogP contribution in [-0.4, -0.2) is 26.3 Å². The maximum atomic E-state index is 5.90. The lowest BCUT2D eigenvalue weighted by molar-refractivity contribution is 0.450. The van der Waals surface area contributed by atoms with Crippen molar-refractivity contribution in [3.05, 3.63) is 23.3 Å². The number of rotatable bonds is 4. The molecule has 2 rings (SSSR count). The molecule has 19 heavy (non-hydrogen) atoms. The second-order valence-electron chi connectivity index (χ2n) is 4.41. The van der Waals surface area contributed by atoms with Crippen LogP contribution in [0.5, 0.6) is 11.6 Å². The van der Waals surface area contributed by atoms with Gasteiger partial charge in [0.05, 0.1) is 11.3 Å². The van der Waals surface area contributed by atoms with Crippen LogP contribution in [0.15, 0.2) is 6.33 Å².